The largest absolute Gasteiger partial charge is 0.396 e. The third kappa shape index (κ3) is 2.85. The van der Waals surface area contributed by atoms with Crippen molar-refractivity contribution in [3.05, 3.63) is 43.1 Å². The van der Waals surface area contributed by atoms with Crippen molar-refractivity contribution in [3.63, 3.8) is 0 Å². The van der Waals surface area contributed by atoms with Gasteiger partial charge in [-0.25, -0.2) is 9.97 Å². The summed E-state index contributed by atoms with van der Waals surface area (Å²) in [5.41, 5.74) is 2.07. The van der Waals surface area contributed by atoms with Crippen LogP contribution in [0.15, 0.2) is 43.1 Å². The van der Waals surface area contributed by atoms with Gasteiger partial charge >= 0.3 is 0 Å². The predicted molar refractivity (Wildman–Crippen MR) is 93.3 cm³/mol. The van der Waals surface area contributed by atoms with E-state index in [-0.39, 0.29) is 0 Å². The van der Waals surface area contributed by atoms with Crippen molar-refractivity contribution in [2.45, 2.75) is 19.3 Å². The van der Waals surface area contributed by atoms with Crippen LogP contribution < -0.4 is 4.90 Å². The Kier molecular flexibility index (Phi) is 4.13. The van der Waals surface area contributed by atoms with Gasteiger partial charge in [-0.3, -0.25) is 9.55 Å². The average molecular weight is 323 g/mol. The molecule has 4 rings (SSSR count). The molecule has 6 nitrogen and oxygen atoms in total. The van der Waals surface area contributed by atoms with E-state index in [1.165, 1.54) is 0 Å². The molecule has 3 aromatic rings. The average Bonchev–Trinajstić information content (AvgIpc) is 3.07. The third-order valence-corrected chi connectivity index (χ3v) is 4.85. The maximum atomic E-state index is 9.06. The lowest BCUT2D eigenvalue weighted by Crippen LogP contribution is -2.34. The van der Waals surface area contributed by atoms with E-state index in [2.05, 4.69) is 19.9 Å². The third-order valence-electron chi connectivity index (χ3n) is 4.85. The van der Waals surface area contributed by atoms with Crippen molar-refractivity contribution in [1.29, 1.82) is 0 Å². The number of pyridine rings is 1. The zero-order valence-electron chi connectivity index (χ0n) is 13.5. The van der Waals surface area contributed by atoms with Crippen LogP contribution in [0.1, 0.15) is 19.3 Å². The van der Waals surface area contributed by atoms with Crippen molar-refractivity contribution in [2.24, 2.45) is 5.92 Å². The van der Waals surface area contributed by atoms with Crippen molar-refractivity contribution in [2.75, 3.05) is 24.6 Å². The highest BCUT2D eigenvalue weighted by molar-refractivity contribution is 5.80. The van der Waals surface area contributed by atoms with Crippen molar-refractivity contribution < 1.29 is 5.11 Å². The number of aliphatic hydroxyl groups is 1. The standard InChI is InChI=1S/C18H21N5O/c24-10-5-14-2-7-22(8-3-14)16-11-20-18(21-12-16)23-9-4-15-1-6-19-13-17(15)23/h1,4,6,9,11-14,24H,2-3,5,7-8,10H2. The van der Waals surface area contributed by atoms with E-state index in [1.54, 1.807) is 6.20 Å². The zero-order valence-corrected chi connectivity index (χ0v) is 13.5. The first-order chi connectivity index (χ1) is 11.8. The first-order valence-corrected chi connectivity index (χ1v) is 8.44. The summed E-state index contributed by atoms with van der Waals surface area (Å²) in [4.78, 5) is 15.6. The summed E-state index contributed by atoms with van der Waals surface area (Å²) < 4.78 is 1.96. The van der Waals surface area contributed by atoms with Crippen LogP contribution in [-0.4, -0.2) is 44.3 Å². The number of fused-ring (bicyclic) bond motifs is 1. The number of rotatable bonds is 4. The molecular weight excluding hydrogens is 302 g/mol. The van der Waals surface area contributed by atoms with Crippen LogP contribution in [0.4, 0.5) is 5.69 Å². The van der Waals surface area contributed by atoms with Crippen molar-refractivity contribution in [3.8, 4) is 5.95 Å². The minimum atomic E-state index is 0.294. The van der Waals surface area contributed by atoms with Crippen LogP contribution in [-0.2, 0) is 0 Å². The van der Waals surface area contributed by atoms with Gasteiger partial charge in [0, 0.05) is 37.5 Å². The van der Waals surface area contributed by atoms with Gasteiger partial charge in [-0.1, -0.05) is 0 Å². The molecule has 0 saturated carbocycles. The first kappa shape index (κ1) is 15.1. The van der Waals surface area contributed by atoms with Gasteiger partial charge in [-0.15, -0.1) is 0 Å². The van der Waals surface area contributed by atoms with E-state index in [1.807, 2.05) is 41.5 Å². The molecule has 0 aliphatic carbocycles. The molecule has 3 aromatic heterocycles. The summed E-state index contributed by atoms with van der Waals surface area (Å²) in [7, 11) is 0. The highest BCUT2D eigenvalue weighted by Gasteiger charge is 2.19. The van der Waals surface area contributed by atoms with Crippen LogP contribution in [0.25, 0.3) is 16.9 Å². The molecule has 24 heavy (non-hydrogen) atoms. The molecule has 0 amide bonds. The highest BCUT2D eigenvalue weighted by Crippen LogP contribution is 2.24. The summed E-state index contributed by atoms with van der Waals surface area (Å²) in [6.45, 7) is 2.30. The highest BCUT2D eigenvalue weighted by atomic mass is 16.3. The molecule has 0 atom stereocenters. The molecule has 6 heteroatoms. The number of aromatic nitrogens is 4. The number of piperidine rings is 1. The van der Waals surface area contributed by atoms with Gasteiger partial charge in [0.1, 0.15) is 0 Å². The Bertz CT molecular complexity index is 806. The summed E-state index contributed by atoms with van der Waals surface area (Å²) in [6.07, 6.45) is 12.6. The van der Waals surface area contributed by atoms with Crippen LogP contribution in [0, 0.1) is 5.92 Å². The van der Waals surface area contributed by atoms with Gasteiger partial charge in [0.15, 0.2) is 0 Å². The summed E-state index contributed by atoms with van der Waals surface area (Å²) in [5.74, 6) is 1.31. The summed E-state index contributed by atoms with van der Waals surface area (Å²) in [5, 5.41) is 10.2. The monoisotopic (exact) mass is 323 g/mol. The minimum absolute atomic E-state index is 0.294. The fourth-order valence-electron chi connectivity index (χ4n) is 3.41. The fourth-order valence-corrected chi connectivity index (χ4v) is 3.41. The Labute approximate surface area is 140 Å². The molecule has 1 N–H and O–H groups in total. The van der Waals surface area contributed by atoms with Gasteiger partial charge in [-0.05, 0) is 37.3 Å². The number of nitrogens with zero attached hydrogens (tertiary/aromatic N) is 5. The quantitative estimate of drug-likeness (QED) is 0.798. The Hall–Kier alpha value is -2.47. The molecular formula is C18H21N5O. The van der Waals surface area contributed by atoms with Crippen molar-refractivity contribution >= 4 is 16.6 Å². The van der Waals surface area contributed by atoms with E-state index in [4.69, 9.17) is 5.11 Å². The van der Waals surface area contributed by atoms with E-state index >= 15 is 0 Å². The van der Waals surface area contributed by atoms with E-state index in [0.29, 0.717) is 18.5 Å². The lowest BCUT2D eigenvalue weighted by atomic mass is 9.94. The maximum Gasteiger partial charge on any atom is 0.234 e. The molecule has 1 saturated heterocycles. The predicted octanol–water partition coefficient (Wildman–Crippen LogP) is 2.41. The molecule has 0 unspecified atom stereocenters. The molecule has 0 bridgehead atoms. The second-order valence-corrected chi connectivity index (χ2v) is 6.30. The lowest BCUT2D eigenvalue weighted by molar-refractivity contribution is 0.240. The minimum Gasteiger partial charge on any atom is -0.396 e. The SMILES string of the molecule is OCCC1CCN(c2cnc(-n3ccc4ccncc43)nc2)CC1. The Morgan fingerprint density at radius 1 is 1.08 bits per heavy atom. The van der Waals surface area contributed by atoms with Gasteiger partial charge in [0.2, 0.25) is 5.95 Å². The normalized spacial score (nSPS) is 16.0. The van der Waals surface area contributed by atoms with E-state index in [0.717, 1.165) is 48.9 Å². The number of aliphatic hydroxyl groups excluding tert-OH is 1. The molecule has 1 fully saturated rings. The topological polar surface area (TPSA) is 67.1 Å². The van der Waals surface area contributed by atoms with Crippen LogP contribution in [0.3, 0.4) is 0 Å². The molecule has 0 aromatic carbocycles. The van der Waals surface area contributed by atoms with Gasteiger partial charge in [0.05, 0.1) is 29.8 Å². The molecule has 0 spiro atoms. The van der Waals surface area contributed by atoms with Gasteiger partial charge in [-0.2, -0.15) is 0 Å². The first-order valence-electron chi connectivity index (χ1n) is 8.44. The van der Waals surface area contributed by atoms with Gasteiger partial charge in [0.25, 0.3) is 0 Å². The molecule has 0 radical (unpaired) electrons. The zero-order chi connectivity index (χ0) is 16.4. The number of hydrogen-bond acceptors (Lipinski definition) is 5. The van der Waals surface area contributed by atoms with E-state index < -0.39 is 0 Å². The Morgan fingerprint density at radius 2 is 1.88 bits per heavy atom. The van der Waals surface area contributed by atoms with Crippen LogP contribution >= 0.6 is 0 Å². The molecule has 124 valence electrons. The number of anilines is 1. The smallest absolute Gasteiger partial charge is 0.234 e. The molecule has 1 aliphatic rings. The Morgan fingerprint density at radius 3 is 2.62 bits per heavy atom. The second-order valence-electron chi connectivity index (χ2n) is 6.30. The summed E-state index contributed by atoms with van der Waals surface area (Å²) in [6, 6.07) is 4.02. The van der Waals surface area contributed by atoms with Crippen LogP contribution in [0.2, 0.25) is 0 Å². The lowest BCUT2D eigenvalue weighted by Gasteiger charge is -2.33. The van der Waals surface area contributed by atoms with Crippen LogP contribution in [0.5, 0.6) is 0 Å². The summed E-state index contributed by atoms with van der Waals surface area (Å²) >= 11 is 0. The second kappa shape index (κ2) is 6.57. The van der Waals surface area contributed by atoms with E-state index in [9.17, 15) is 0 Å². The Balaban J connectivity index is 1.51. The molecule has 1 aliphatic heterocycles. The maximum absolute atomic E-state index is 9.06. The molecule has 4 heterocycles. The van der Waals surface area contributed by atoms with Crippen molar-refractivity contribution in [1.82, 2.24) is 19.5 Å². The van der Waals surface area contributed by atoms with Gasteiger partial charge < -0.3 is 10.0 Å². The number of hydrogen-bond donors (Lipinski definition) is 1. The fraction of sp³-hybridized carbons (Fsp3) is 0.389.